The Morgan fingerprint density at radius 2 is 2.00 bits per heavy atom. The molecule has 0 aliphatic rings. The van der Waals surface area contributed by atoms with Gasteiger partial charge >= 0.3 is 5.97 Å². The van der Waals surface area contributed by atoms with E-state index >= 15 is 0 Å². The van der Waals surface area contributed by atoms with Crippen molar-refractivity contribution in [2.45, 2.75) is 13.8 Å². The van der Waals surface area contributed by atoms with E-state index in [1.54, 1.807) is 13.8 Å². The lowest BCUT2D eigenvalue weighted by Crippen LogP contribution is -2.03. The molecule has 1 N–H and O–H groups in total. The Balaban J connectivity index is 0. The van der Waals surface area contributed by atoms with Crippen LogP contribution >= 0.6 is 0 Å². The third kappa shape index (κ3) is 1.76. The van der Waals surface area contributed by atoms with E-state index in [4.69, 9.17) is 5.11 Å². The van der Waals surface area contributed by atoms with E-state index in [0.29, 0.717) is 0 Å². The summed E-state index contributed by atoms with van der Waals surface area (Å²) in [5, 5.41) is 7.99. The quantitative estimate of drug-likeness (QED) is 0.516. The van der Waals surface area contributed by atoms with Gasteiger partial charge in [-0.25, -0.2) is 0 Å². The second kappa shape index (κ2) is 1.80. The van der Waals surface area contributed by atoms with E-state index in [9.17, 15) is 4.79 Å². The number of rotatable bonds is 1. The summed E-state index contributed by atoms with van der Waals surface area (Å²) in [7, 11) is 0. The molecule has 0 saturated carbocycles. The van der Waals surface area contributed by atoms with Crippen LogP contribution in [0, 0.1) is 5.92 Å². The van der Waals surface area contributed by atoms with Crippen LogP contribution in [-0.2, 0) is 4.79 Å². The van der Waals surface area contributed by atoms with Crippen LogP contribution in [-0.4, -0.2) is 11.1 Å². The molecule has 2 nitrogen and oxygen atoms in total. The van der Waals surface area contributed by atoms with Crippen LogP contribution < -0.4 is 0 Å². The predicted molar refractivity (Wildman–Crippen MR) is 23.6 cm³/mol. The zero-order valence-electron chi connectivity index (χ0n) is 4.93. The lowest BCUT2D eigenvalue weighted by molar-refractivity contribution is -0.140. The van der Waals surface area contributed by atoms with Crippen LogP contribution in [0.2, 0.25) is 0 Å². The molecule has 0 heterocycles. The molecule has 0 bridgehead atoms. The van der Waals surface area contributed by atoms with E-state index in [1.807, 2.05) is 0 Å². The van der Waals surface area contributed by atoms with Crippen molar-refractivity contribution in [3.8, 4) is 0 Å². The molecule has 0 saturated heterocycles. The molecular weight excluding hydrogens is 80.0 g/mol. The Hall–Kier alpha value is -0.530. The van der Waals surface area contributed by atoms with Crippen LogP contribution in [0.25, 0.3) is 0 Å². The number of carboxylic acids is 1. The Morgan fingerprint density at radius 1 is 1.83 bits per heavy atom. The van der Waals surface area contributed by atoms with Gasteiger partial charge in [0.25, 0.3) is 0 Å². The molecule has 0 aromatic rings. The maximum absolute atomic E-state index is 9.70. The molecule has 0 fully saturated rings. The van der Waals surface area contributed by atoms with E-state index in [0.717, 1.165) is 0 Å². The highest BCUT2D eigenvalue weighted by Crippen LogP contribution is 1.87. The standard InChI is InChI=1S/C4H8O2.H/c1-3(2)4(5)6;/h3H,1-2H3,(H,5,6);. The molecule has 0 aromatic heterocycles. The summed E-state index contributed by atoms with van der Waals surface area (Å²) in [5.41, 5.74) is 0. The molecule has 0 atom stereocenters. The van der Waals surface area contributed by atoms with Gasteiger partial charge < -0.3 is 5.11 Å². The third-order valence-corrected chi connectivity index (χ3v) is 0.494. The van der Waals surface area contributed by atoms with E-state index < -0.39 is 5.97 Å². The van der Waals surface area contributed by atoms with Crippen molar-refractivity contribution < 1.29 is 11.3 Å². The molecule has 0 amide bonds. The van der Waals surface area contributed by atoms with Gasteiger partial charge in [-0.2, -0.15) is 0 Å². The number of hydrogen-bond donors (Lipinski definition) is 1. The highest BCUT2D eigenvalue weighted by molar-refractivity contribution is 5.68. The largest absolute Gasteiger partial charge is 0.481 e. The first-order chi connectivity index (χ1) is 2.64. The Kier molecular flexibility index (Phi) is 1.64. The summed E-state index contributed by atoms with van der Waals surface area (Å²) in [6.07, 6.45) is 0. The molecule has 6 heavy (non-hydrogen) atoms. The molecule has 0 spiro atoms. The van der Waals surface area contributed by atoms with Crippen molar-refractivity contribution in [3.63, 3.8) is 0 Å². The van der Waals surface area contributed by atoms with Gasteiger partial charge in [-0.1, -0.05) is 13.8 Å². The SMILES string of the molecule is CC(C)C(=O)O.[H]. The van der Waals surface area contributed by atoms with Gasteiger partial charge in [-0.15, -0.1) is 0 Å². The predicted octanol–water partition coefficient (Wildman–Crippen LogP) is 0.839. The second-order valence-corrected chi connectivity index (χ2v) is 1.49. The van der Waals surface area contributed by atoms with Gasteiger partial charge in [0.1, 0.15) is 0 Å². The molecule has 0 rings (SSSR count). The first-order valence-corrected chi connectivity index (χ1v) is 1.87. The van der Waals surface area contributed by atoms with Crippen LogP contribution in [0.4, 0.5) is 0 Å². The fraction of sp³-hybridized carbons (Fsp3) is 0.750. The molecule has 0 aliphatic heterocycles. The number of carbonyl (C=O) groups is 1. The van der Waals surface area contributed by atoms with Gasteiger partial charge in [0.05, 0.1) is 5.92 Å². The second-order valence-electron chi connectivity index (χ2n) is 1.49. The van der Waals surface area contributed by atoms with Crippen molar-refractivity contribution >= 4 is 5.97 Å². The monoisotopic (exact) mass is 89.1 g/mol. The summed E-state index contributed by atoms with van der Waals surface area (Å²) in [4.78, 5) is 9.70. The van der Waals surface area contributed by atoms with Crippen LogP contribution in [0.5, 0.6) is 0 Å². The highest BCUT2D eigenvalue weighted by atomic mass is 16.4. The van der Waals surface area contributed by atoms with Crippen molar-refractivity contribution in [2.75, 3.05) is 0 Å². The van der Waals surface area contributed by atoms with Crippen molar-refractivity contribution in [3.05, 3.63) is 0 Å². The first kappa shape index (κ1) is 5.47. The summed E-state index contributed by atoms with van der Waals surface area (Å²) >= 11 is 0. The van der Waals surface area contributed by atoms with Gasteiger partial charge in [0.15, 0.2) is 0 Å². The van der Waals surface area contributed by atoms with E-state index in [1.165, 1.54) is 0 Å². The average molecular weight is 89.1 g/mol. The minimum Gasteiger partial charge on any atom is -0.481 e. The Labute approximate surface area is 38.3 Å². The Bertz CT molecular complexity index is 60.7. The molecule has 0 aromatic carbocycles. The van der Waals surface area contributed by atoms with Gasteiger partial charge in [-0.05, 0) is 0 Å². The number of carboxylic acid groups (broad SMARTS) is 1. The molecule has 1 radical (unpaired) electrons. The number of aliphatic carboxylic acids is 1. The zero-order valence-corrected chi connectivity index (χ0v) is 3.93. The topological polar surface area (TPSA) is 37.3 Å². The van der Waals surface area contributed by atoms with Gasteiger partial charge in [0, 0.05) is 1.43 Å². The summed E-state index contributed by atoms with van der Waals surface area (Å²) < 4.78 is 0. The fourth-order valence-electron chi connectivity index (χ4n) is 0. The number of hydrogen-bond acceptors (Lipinski definition) is 1. The lowest BCUT2D eigenvalue weighted by atomic mass is 10.2. The molecule has 0 aliphatic carbocycles. The van der Waals surface area contributed by atoms with Crippen LogP contribution in [0.3, 0.4) is 0 Å². The van der Waals surface area contributed by atoms with Crippen molar-refractivity contribution in [1.29, 1.82) is 0 Å². The molecule has 37 valence electrons. The van der Waals surface area contributed by atoms with Crippen LogP contribution in [0.15, 0.2) is 0 Å². The summed E-state index contributed by atoms with van der Waals surface area (Å²) in [6.45, 7) is 3.28. The normalized spacial score (nSPS) is 9.17. The fourth-order valence-corrected chi connectivity index (χ4v) is 0. The average Bonchev–Trinajstić information content (AvgIpc) is 1.36. The maximum atomic E-state index is 9.70. The highest BCUT2D eigenvalue weighted by Gasteiger charge is 1.99. The van der Waals surface area contributed by atoms with Crippen LogP contribution in [0.1, 0.15) is 15.3 Å². The van der Waals surface area contributed by atoms with E-state index in [-0.39, 0.29) is 7.34 Å². The molecule has 0 unspecified atom stereocenters. The summed E-state index contributed by atoms with van der Waals surface area (Å²) in [6, 6.07) is 0. The third-order valence-electron chi connectivity index (χ3n) is 0.494. The van der Waals surface area contributed by atoms with E-state index in [2.05, 4.69) is 0 Å². The van der Waals surface area contributed by atoms with Crippen molar-refractivity contribution in [2.24, 2.45) is 5.92 Å². The first-order valence-electron chi connectivity index (χ1n) is 1.87. The zero-order chi connectivity index (χ0) is 5.15. The maximum Gasteiger partial charge on any atom is 0.305 e. The lowest BCUT2D eigenvalue weighted by Gasteiger charge is -1.89. The Morgan fingerprint density at radius 3 is 2.00 bits per heavy atom. The smallest absolute Gasteiger partial charge is 0.305 e. The minimum absolute atomic E-state index is 0. The molecule has 2 heteroatoms. The minimum atomic E-state index is -0.741. The summed E-state index contributed by atoms with van der Waals surface area (Å²) in [5.74, 6) is -0.972. The molecular formula is C4H9O2. The van der Waals surface area contributed by atoms with Gasteiger partial charge in [-0.3, -0.25) is 4.79 Å². The van der Waals surface area contributed by atoms with Crippen molar-refractivity contribution in [1.82, 2.24) is 0 Å². The van der Waals surface area contributed by atoms with Gasteiger partial charge in [0.2, 0.25) is 0 Å².